The van der Waals surface area contributed by atoms with Gasteiger partial charge in [0, 0.05) is 11.9 Å². The summed E-state index contributed by atoms with van der Waals surface area (Å²) in [5.41, 5.74) is 0. The lowest BCUT2D eigenvalue weighted by molar-refractivity contribution is 0.0111. The monoisotopic (exact) mass is 206 g/mol. The van der Waals surface area contributed by atoms with Crippen LogP contribution in [0.3, 0.4) is 0 Å². The highest BCUT2D eigenvalue weighted by Gasteiger charge is 2.12. The first kappa shape index (κ1) is 8.54. The van der Waals surface area contributed by atoms with Gasteiger partial charge >= 0.3 is 0 Å². The third kappa shape index (κ3) is 3.02. The number of hydrogen-bond acceptors (Lipinski definition) is 1. The van der Waals surface area contributed by atoms with E-state index in [0.717, 1.165) is 11.9 Å². The minimum atomic E-state index is 0.575. The molecule has 60 valence electrons. The van der Waals surface area contributed by atoms with Crippen LogP contribution in [0.2, 0.25) is 0 Å². The molecule has 0 radical (unpaired) electrons. The molecule has 0 aromatic heterocycles. The van der Waals surface area contributed by atoms with Crippen LogP contribution in [0, 0.1) is 0 Å². The molecule has 10 heavy (non-hydrogen) atoms. The summed E-state index contributed by atoms with van der Waals surface area (Å²) >= 11 is 3.42. The van der Waals surface area contributed by atoms with Crippen LogP contribution in [0.4, 0.5) is 0 Å². The summed E-state index contributed by atoms with van der Waals surface area (Å²) in [5, 5.41) is 1.12. The Hall–Kier alpha value is 0.440. The molecule has 0 aromatic carbocycles. The molecule has 1 atom stereocenters. The first-order valence-corrected chi connectivity index (χ1v) is 5.23. The normalized spacial score (nSPS) is 26.7. The summed E-state index contributed by atoms with van der Waals surface area (Å²) in [6.07, 6.45) is 6.99. The van der Waals surface area contributed by atoms with Gasteiger partial charge in [-0.15, -0.1) is 0 Å². The Morgan fingerprint density at radius 1 is 1.40 bits per heavy atom. The maximum absolute atomic E-state index is 5.56. The molecule has 1 aliphatic rings. The Morgan fingerprint density at radius 3 is 2.90 bits per heavy atom. The highest BCUT2D eigenvalue weighted by Crippen LogP contribution is 2.16. The Morgan fingerprint density at radius 2 is 2.30 bits per heavy atom. The van der Waals surface area contributed by atoms with E-state index >= 15 is 0 Å². The van der Waals surface area contributed by atoms with Gasteiger partial charge in [0.1, 0.15) is 0 Å². The molecule has 1 rings (SSSR count). The van der Waals surface area contributed by atoms with Gasteiger partial charge in [-0.2, -0.15) is 0 Å². The zero-order valence-corrected chi connectivity index (χ0v) is 7.90. The van der Waals surface area contributed by atoms with E-state index in [4.69, 9.17) is 4.74 Å². The lowest BCUT2D eigenvalue weighted by Crippen LogP contribution is -2.18. The van der Waals surface area contributed by atoms with E-state index in [1.807, 2.05) is 0 Å². The molecular formula is C8H15BrO. The smallest absolute Gasteiger partial charge is 0.0575 e. The number of hydrogen-bond donors (Lipinski definition) is 0. The highest BCUT2D eigenvalue weighted by atomic mass is 79.9. The standard InChI is InChI=1S/C8H15BrO/c9-6-3-5-8-4-1-2-7-10-8/h8H,1-7H2. The van der Waals surface area contributed by atoms with Crippen molar-refractivity contribution >= 4 is 15.9 Å². The second kappa shape index (κ2) is 5.14. The fourth-order valence-corrected chi connectivity index (χ4v) is 1.66. The molecule has 0 aromatic rings. The van der Waals surface area contributed by atoms with Crippen molar-refractivity contribution in [1.82, 2.24) is 0 Å². The Kier molecular flexibility index (Phi) is 4.39. The van der Waals surface area contributed by atoms with Crippen molar-refractivity contribution in [1.29, 1.82) is 0 Å². The van der Waals surface area contributed by atoms with Crippen molar-refractivity contribution in [2.45, 2.75) is 38.2 Å². The van der Waals surface area contributed by atoms with Gasteiger partial charge < -0.3 is 4.74 Å². The van der Waals surface area contributed by atoms with Crippen molar-refractivity contribution in [2.24, 2.45) is 0 Å². The van der Waals surface area contributed by atoms with E-state index in [-0.39, 0.29) is 0 Å². The molecule has 2 heteroatoms. The third-order valence-electron chi connectivity index (χ3n) is 1.93. The molecule has 0 amide bonds. The number of rotatable bonds is 3. The summed E-state index contributed by atoms with van der Waals surface area (Å²) in [4.78, 5) is 0. The van der Waals surface area contributed by atoms with Gasteiger partial charge in [-0.25, -0.2) is 0 Å². The van der Waals surface area contributed by atoms with Crippen molar-refractivity contribution in [3.63, 3.8) is 0 Å². The molecule has 1 fully saturated rings. The third-order valence-corrected chi connectivity index (χ3v) is 2.49. The van der Waals surface area contributed by atoms with E-state index in [2.05, 4.69) is 15.9 Å². The quantitative estimate of drug-likeness (QED) is 0.646. The van der Waals surface area contributed by atoms with E-state index in [1.54, 1.807) is 0 Å². The molecule has 1 heterocycles. The summed E-state index contributed by atoms with van der Waals surface area (Å²) in [7, 11) is 0. The van der Waals surface area contributed by atoms with Crippen LogP contribution in [0.1, 0.15) is 32.1 Å². The van der Waals surface area contributed by atoms with Gasteiger partial charge in [0.2, 0.25) is 0 Å². The molecule has 1 nitrogen and oxygen atoms in total. The van der Waals surface area contributed by atoms with Gasteiger partial charge in [0.25, 0.3) is 0 Å². The average molecular weight is 207 g/mol. The zero-order chi connectivity index (χ0) is 7.23. The Bertz CT molecular complexity index is 79.3. The second-order valence-corrected chi connectivity index (χ2v) is 3.61. The minimum absolute atomic E-state index is 0.575. The Labute approximate surface area is 71.3 Å². The van der Waals surface area contributed by atoms with Crippen molar-refractivity contribution < 1.29 is 4.74 Å². The molecule has 0 saturated carbocycles. The summed E-state index contributed by atoms with van der Waals surface area (Å²) in [6, 6.07) is 0. The minimum Gasteiger partial charge on any atom is -0.378 e. The fourth-order valence-electron chi connectivity index (χ4n) is 1.34. The predicted molar refractivity (Wildman–Crippen MR) is 46.6 cm³/mol. The SMILES string of the molecule is BrCCCC1CCCCO1. The van der Waals surface area contributed by atoms with Crippen LogP contribution in [0.5, 0.6) is 0 Å². The van der Waals surface area contributed by atoms with E-state index < -0.39 is 0 Å². The van der Waals surface area contributed by atoms with Gasteiger partial charge in [0.15, 0.2) is 0 Å². The molecule has 1 saturated heterocycles. The summed E-state index contributed by atoms with van der Waals surface area (Å²) in [5.74, 6) is 0. The second-order valence-electron chi connectivity index (χ2n) is 2.82. The van der Waals surface area contributed by atoms with Crippen LogP contribution in [-0.2, 0) is 4.74 Å². The molecule has 1 aliphatic heterocycles. The summed E-state index contributed by atoms with van der Waals surface area (Å²) < 4.78 is 5.56. The van der Waals surface area contributed by atoms with Gasteiger partial charge in [-0.1, -0.05) is 15.9 Å². The first-order valence-electron chi connectivity index (χ1n) is 4.11. The first-order chi connectivity index (χ1) is 4.93. The number of halogens is 1. The zero-order valence-electron chi connectivity index (χ0n) is 6.31. The van der Waals surface area contributed by atoms with E-state index in [1.165, 1.54) is 32.1 Å². The largest absolute Gasteiger partial charge is 0.378 e. The van der Waals surface area contributed by atoms with Crippen molar-refractivity contribution in [2.75, 3.05) is 11.9 Å². The van der Waals surface area contributed by atoms with Crippen LogP contribution in [-0.4, -0.2) is 18.0 Å². The molecule has 0 bridgehead atoms. The molecule has 1 unspecified atom stereocenters. The fraction of sp³-hybridized carbons (Fsp3) is 1.00. The van der Waals surface area contributed by atoms with E-state index in [9.17, 15) is 0 Å². The van der Waals surface area contributed by atoms with Crippen LogP contribution >= 0.6 is 15.9 Å². The van der Waals surface area contributed by atoms with Crippen LogP contribution in [0.15, 0.2) is 0 Å². The Balaban J connectivity index is 2.02. The molecule has 0 aliphatic carbocycles. The number of ether oxygens (including phenoxy) is 1. The maximum atomic E-state index is 5.56. The molecule has 0 N–H and O–H groups in total. The molecule has 0 spiro atoms. The summed E-state index contributed by atoms with van der Waals surface area (Å²) in [6.45, 7) is 0.993. The van der Waals surface area contributed by atoms with Crippen LogP contribution < -0.4 is 0 Å². The topological polar surface area (TPSA) is 9.23 Å². The van der Waals surface area contributed by atoms with Gasteiger partial charge in [-0.3, -0.25) is 0 Å². The lowest BCUT2D eigenvalue weighted by Gasteiger charge is -2.21. The highest BCUT2D eigenvalue weighted by molar-refractivity contribution is 9.09. The van der Waals surface area contributed by atoms with Crippen LogP contribution in [0.25, 0.3) is 0 Å². The van der Waals surface area contributed by atoms with Crippen molar-refractivity contribution in [3.05, 3.63) is 0 Å². The molecular weight excluding hydrogens is 192 g/mol. The predicted octanol–water partition coefficient (Wildman–Crippen LogP) is 2.73. The lowest BCUT2D eigenvalue weighted by atomic mass is 10.1. The van der Waals surface area contributed by atoms with Gasteiger partial charge in [-0.05, 0) is 32.1 Å². The maximum Gasteiger partial charge on any atom is 0.0575 e. The number of alkyl halides is 1. The van der Waals surface area contributed by atoms with Crippen molar-refractivity contribution in [3.8, 4) is 0 Å². The average Bonchev–Trinajstić information content (AvgIpc) is 2.03. The van der Waals surface area contributed by atoms with Gasteiger partial charge in [0.05, 0.1) is 6.10 Å². The van der Waals surface area contributed by atoms with E-state index in [0.29, 0.717) is 6.10 Å².